The lowest BCUT2D eigenvalue weighted by molar-refractivity contribution is 0.378. The summed E-state index contributed by atoms with van der Waals surface area (Å²) in [7, 11) is -1.69. The third-order valence-corrected chi connectivity index (χ3v) is 8.88. The van der Waals surface area contributed by atoms with Gasteiger partial charge in [0.05, 0.1) is 5.76 Å². The molecule has 0 saturated heterocycles. The molecule has 0 amide bonds. The fourth-order valence-corrected chi connectivity index (χ4v) is 2.68. The number of rotatable bonds is 6. The zero-order chi connectivity index (χ0) is 15.4. The van der Waals surface area contributed by atoms with Gasteiger partial charge in [-0.1, -0.05) is 46.8 Å². The molecule has 0 aliphatic carbocycles. The fraction of sp³-hybridized carbons (Fsp3) is 0.765. The third kappa shape index (κ3) is 5.98. The smallest absolute Gasteiger partial charge is 0.250 e. The average Bonchev–Trinajstić information content (AvgIpc) is 2.22. The van der Waals surface area contributed by atoms with Gasteiger partial charge in [0.25, 0.3) is 0 Å². The van der Waals surface area contributed by atoms with Crippen LogP contribution in [0.1, 0.15) is 61.3 Å². The van der Waals surface area contributed by atoms with Crippen molar-refractivity contribution in [2.75, 3.05) is 0 Å². The first kappa shape index (κ1) is 18.5. The van der Waals surface area contributed by atoms with Crippen LogP contribution in [-0.4, -0.2) is 8.32 Å². The zero-order valence-corrected chi connectivity index (χ0v) is 15.6. The van der Waals surface area contributed by atoms with Crippen molar-refractivity contribution in [1.82, 2.24) is 0 Å². The lowest BCUT2D eigenvalue weighted by atomic mass is 9.98. The van der Waals surface area contributed by atoms with Crippen molar-refractivity contribution < 1.29 is 4.43 Å². The first-order valence-corrected chi connectivity index (χ1v) is 10.3. The van der Waals surface area contributed by atoms with Gasteiger partial charge in [0, 0.05) is 0 Å². The third-order valence-electron chi connectivity index (χ3n) is 4.45. The molecule has 0 atom stereocenters. The van der Waals surface area contributed by atoms with Gasteiger partial charge in [-0.15, -0.1) is 0 Å². The highest BCUT2D eigenvalue weighted by Crippen LogP contribution is 2.38. The van der Waals surface area contributed by atoms with E-state index in [1.54, 1.807) is 0 Å². The highest BCUT2D eigenvalue weighted by atomic mass is 28.4. The molecule has 0 unspecified atom stereocenters. The van der Waals surface area contributed by atoms with Gasteiger partial charge in [0.2, 0.25) is 8.32 Å². The Morgan fingerprint density at radius 1 is 1.11 bits per heavy atom. The standard InChI is InChI=1S/C17H34OSi/c1-13(2)14(3)11-12-15(4)16(5)18-19(9,10)17(6,7)8/h13H,3,11-12H2,1-2,4-10H3/b16-15-. The minimum absolute atomic E-state index is 0.260. The first-order valence-electron chi connectivity index (χ1n) is 7.41. The molecule has 0 aromatic heterocycles. The predicted octanol–water partition coefficient (Wildman–Crippen LogP) is 6.29. The van der Waals surface area contributed by atoms with Gasteiger partial charge >= 0.3 is 0 Å². The van der Waals surface area contributed by atoms with Crippen LogP contribution in [-0.2, 0) is 4.43 Å². The molecular formula is C17H34OSi. The summed E-state index contributed by atoms with van der Waals surface area (Å²) in [6, 6.07) is 0. The summed E-state index contributed by atoms with van der Waals surface area (Å²) in [6.07, 6.45) is 2.14. The van der Waals surface area contributed by atoms with E-state index in [0.29, 0.717) is 5.92 Å². The highest BCUT2D eigenvalue weighted by Gasteiger charge is 2.39. The SMILES string of the molecule is C=C(CC/C(C)=C(/C)O[Si](C)(C)C(C)(C)C)C(C)C. The van der Waals surface area contributed by atoms with Crippen molar-refractivity contribution in [3.8, 4) is 0 Å². The van der Waals surface area contributed by atoms with Crippen LogP contribution in [0.2, 0.25) is 18.1 Å². The second-order valence-corrected chi connectivity index (χ2v) is 12.2. The molecule has 0 rings (SSSR count). The molecule has 0 radical (unpaired) electrons. The van der Waals surface area contributed by atoms with Crippen molar-refractivity contribution in [3.63, 3.8) is 0 Å². The molecule has 0 heterocycles. The van der Waals surface area contributed by atoms with Crippen molar-refractivity contribution in [2.45, 2.75) is 79.4 Å². The van der Waals surface area contributed by atoms with Gasteiger partial charge in [-0.05, 0) is 56.3 Å². The molecular weight excluding hydrogens is 248 g/mol. The summed E-state index contributed by atoms with van der Waals surface area (Å²) in [5, 5.41) is 0.260. The van der Waals surface area contributed by atoms with Crippen LogP contribution in [0.3, 0.4) is 0 Å². The fourth-order valence-electron chi connectivity index (χ4n) is 1.44. The van der Waals surface area contributed by atoms with Crippen LogP contribution < -0.4 is 0 Å². The van der Waals surface area contributed by atoms with Gasteiger partial charge in [0.15, 0.2) is 0 Å². The van der Waals surface area contributed by atoms with Crippen molar-refractivity contribution in [2.24, 2.45) is 5.92 Å². The molecule has 0 N–H and O–H groups in total. The minimum Gasteiger partial charge on any atom is -0.547 e. The summed E-state index contributed by atoms with van der Waals surface area (Å²) in [5.74, 6) is 1.71. The first-order chi connectivity index (χ1) is 8.38. The maximum absolute atomic E-state index is 6.35. The lowest BCUT2D eigenvalue weighted by Crippen LogP contribution is -2.40. The Hall–Kier alpha value is -0.503. The zero-order valence-electron chi connectivity index (χ0n) is 14.6. The molecule has 112 valence electrons. The molecule has 0 spiro atoms. The van der Waals surface area contributed by atoms with E-state index in [0.717, 1.165) is 18.6 Å². The van der Waals surface area contributed by atoms with E-state index >= 15 is 0 Å². The maximum Gasteiger partial charge on any atom is 0.250 e. The van der Waals surface area contributed by atoms with Gasteiger partial charge < -0.3 is 4.43 Å². The quantitative estimate of drug-likeness (QED) is 0.316. The second kappa shape index (κ2) is 6.78. The molecule has 0 aromatic carbocycles. The Kier molecular flexibility index (Phi) is 6.60. The molecule has 0 aliphatic heterocycles. The molecule has 2 heteroatoms. The Balaban J connectivity index is 4.66. The summed E-state index contributed by atoms with van der Waals surface area (Å²) in [5.41, 5.74) is 2.70. The number of hydrogen-bond acceptors (Lipinski definition) is 1. The Morgan fingerprint density at radius 3 is 1.95 bits per heavy atom. The van der Waals surface area contributed by atoms with E-state index in [1.165, 1.54) is 11.1 Å². The van der Waals surface area contributed by atoms with Crippen LogP contribution in [0.4, 0.5) is 0 Å². The summed E-state index contributed by atoms with van der Waals surface area (Å²) >= 11 is 0. The Bertz CT molecular complexity index is 343. The van der Waals surface area contributed by atoms with E-state index < -0.39 is 8.32 Å². The van der Waals surface area contributed by atoms with Crippen molar-refractivity contribution in [3.05, 3.63) is 23.5 Å². The average molecular weight is 283 g/mol. The monoisotopic (exact) mass is 282 g/mol. The van der Waals surface area contributed by atoms with E-state index in [1.807, 2.05) is 0 Å². The second-order valence-electron chi connectivity index (χ2n) is 7.51. The normalized spacial score (nSPS) is 14.4. The van der Waals surface area contributed by atoms with Gasteiger partial charge in [-0.2, -0.15) is 0 Å². The molecule has 19 heavy (non-hydrogen) atoms. The van der Waals surface area contributed by atoms with Gasteiger partial charge in [-0.25, -0.2) is 0 Å². The van der Waals surface area contributed by atoms with E-state index in [4.69, 9.17) is 4.43 Å². The summed E-state index contributed by atoms with van der Waals surface area (Å²) in [6.45, 7) is 24.3. The molecule has 0 aromatic rings. The van der Waals surface area contributed by atoms with Crippen molar-refractivity contribution in [1.29, 1.82) is 0 Å². The summed E-state index contributed by atoms with van der Waals surface area (Å²) < 4.78 is 6.35. The van der Waals surface area contributed by atoms with Crippen LogP contribution in [0.15, 0.2) is 23.5 Å². The van der Waals surface area contributed by atoms with Crippen molar-refractivity contribution >= 4 is 8.32 Å². The van der Waals surface area contributed by atoms with Crippen LogP contribution in [0, 0.1) is 5.92 Å². The van der Waals surface area contributed by atoms with Gasteiger partial charge in [0.1, 0.15) is 0 Å². The molecule has 0 fully saturated rings. The molecule has 0 aliphatic rings. The van der Waals surface area contributed by atoms with Crippen LogP contribution >= 0.6 is 0 Å². The predicted molar refractivity (Wildman–Crippen MR) is 89.9 cm³/mol. The minimum atomic E-state index is -1.69. The van der Waals surface area contributed by atoms with E-state index in [2.05, 4.69) is 68.1 Å². The van der Waals surface area contributed by atoms with E-state index in [9.17, 15) is 0 Å². The number of allylic oxidation sites excluding steroid dienone is 3. The largest absolute Gasteiger partial charge is 0.547 e. The Morgan fingerprint density at radius 2 is 1.58 bits per heavy atom. The van der Waals surface area contributed by atoms with Crippen LogP contribution in [0.25, 0.3) is 0 Å². The van der Waals surface area contributed by atoms with Gasteiger partial charge in [-0.3, -0.25) is 0 Å². The number of hydrogen-bond donors (Lipinski definition) is 0. The molecule has 1 nitrogen and oxygen atoms in total. The van der Waals surface area contributed by atoms with Crippen LogP contribution in [0.5, 0.6) is 0 Å². The lowest BCUT2D eigenvalue weighted by Gasteiger charge is -2.37. The summed E-state index contributed by atoms with van der Waals surface area (Å²) in [4.78, 5) is 0. The molecule has 0 saturated carbocycles. The highest BCUT2D eigenvalue weighted by molar-refractivity contribution is 6.74. The van der Waals surface area contributed by atoms with E-state index in [-0.39, 0.29) is 5.04 Å². The maximum atomic E-state index is 6.35. The Labute approximate surface area is 122 Å². The molecule has 0 bridgehead atoms. The topological polar surface area (TPSA) is 9.23 Å².